The van der Waals surface area contributed by atoms with E-state index in [1.807, 2.05) is 19.1 Å². The van der Waals surface area contributed by atoms with Gasteiger partial charge in [-0.2, -0.15) is 0 Å². The number of allylic oxidation sites excluding steroid dienone is 2. The number of halogens is 1. The molecule has 4 heteroatoms. The molecular formula is C12H19IO3. The lowest BCUT2D eigenvalue weighted by molar-refractivity contribution is -0.139. The predicted molar refractivity (Wildman–Crippen MR) is 73.7 cm³/mol. The van der Waals surface area contributed by atoms with E-state index in [2.05, 4.69) is 22.6 Å². The lowest BCUT2D eigenvalue weighted by Crippen LogP contribution is -2.22. The Morgan fingerprint density at radius 1 is 1.50 bits per heavy atom. The molecule has 0 amide bonds. The fraction of sp³-hybridized carbons (Fsp3) is 0.583. The maximum absolute atomic E-state index is 10.5. The number of esters is 1. The normalized spacial score (nSPS) is 16.2. The molecule has 92 valence electrons. The smallest absolute Gasteiger partial charge is 0.302 e. The summed E-state index contributed by atoms with van der Waals surface area (Å²) in [5.74, 6) is -0.271. The van der Waals surface area contributed by atoms with Gasteiger partial charge in [-0.1, -0.05) is 40.3 Å². The van der Waals surface area contributed by atoms with Gasteiger partial charge in [-0.15, -0.1) is 0 Å². The highest BCUT2D eigenvalue weighted by molar-refractivity contribution is 14.1. The minimum Gasteiger partial charge on any atom is -0.462 e. The van der Waals surface area contributed by atoms with Crippen molar-refractivity contribution in [3.63, 3.8) is 0 Å². The van der Waals surface area contributed by atoms with Crippen LogP contribution in [-0.4, -0.2) is 27.7 Å². The number of rotatable bonds is 6. The van der Waals surface area contributed by atoms with Crippen LogP contribution in [0.15, 0.2) is 23.8 Å². The van der Waals surface area contributed by atoms with E-state index >= 15 is 0 Å². The zero-order valence-electron chi connectivity index (χ0n) is 10.00. The quantitative estimate of drug-likeness (QED) is 0.351. The number of hydrogen-bond donors (Lipinski definition) is 1. The van der Waals surface area contributed by atoms with Crippen LogP contribution in [0.2, 0.25) is 0 Å². The minimum absolute atomic E-state index is 0.271. The molecule has 0 bridgehead atoms. The molecule has 0 aromatic heterocycles. The fourth-order valence-corrected chi connectivity index (χ4v) is 1.18. The molecule has 0 aliphatic carbocycles. The summed E-state index contributed by atoms with van der Waals surface area (Å²) >= 11 is 2.14. The minimum atomic E-state index is -0.739. The largest absolute Gasteiger partial charge is 0.462 e. The van der Waals surface area contributed by atoms with Gasteiger partial charge in [-0.25, -0.2) is 0 Å². The van der Waals surface area contributed by atoms with E-state index in [9.17, 15) is 9.90 Å². The van der Waals surface area contributed by atoms with Gasteiger partial charge in [0.1, 0.15) is 6.61 Å². The molecule has 0 rings (SSSR count). The van der Waals surface area contributed by atoms with Crippen molar-refractivity contribution in [2.24, 2.45) is 0 Å². The van der Waals surface area contributed by atoms with Crippen molar-refractivity contribution in [3.05, 3.63) is 23.8 Å². The second kappa shape index (κ2) is 7.84. The third kappa shape index (κ3) is 8.91. The van der Waals surface area contributed by atoms with Crippen molar-refractivity contribution < 1.29 is 14.6 Å². The summed E-state index contributed by atoms with van der Waals surface area (Å²) < 4.78 is 5.46. The van der Waals surface area contributed by atoms with Gasteiger partial charge in [0.15, 0.2) is 0 Å². The van der Waals surface area contributed by atoms with Gasteiger partial charge in [0, 0.05) is 11.4 Å². The highest BCUT2D eigenvalue weighted by Crippen LogP contribution is 2.11. The van der Waals surface area contributed by atoms with Crippen molar-refractivity contribution in [1.29, 1.82) is 0 Å². The molecule has 3 nitrogen and oxygen atoms in total. The van der Waals surface area contributed by atoms with Crippen LogP contribution in [-0.2, 0) is 9.53 Å². The maximum Gasteiger partial charge on any atom is 0.302 e. The summed E-state index contributed by atoms with van der Waals surface area (Å²) in [5.41, 5.74) is 0.373. The third-order valence-corrected chi connectivity index (χ3v) is 3.45. The molecular weight excluding hydrogens is 319 g/mol. The first-order valence-corrected chi connectivity index (χ1v) is 6.65. The van der Waals surface area contributed by atoms with Crippen LogP contribution in [0.3, 0.4) is 0 Å². The summed E-state index contributed by atoms with van der Waals surface area (Å²) in [6.45, 7) is 5.44. The van der Waals surface area contributed by atoms with Crippen LogP contribution >= 0.6 is 22.6 Å². The number of alkyl halides is 1. The monoisotopic (exact) mass is 338 g/mol. The van der Waals surface area contributed by atoms with Crippen molar-refractivity contribution >= 4 is 28.6 Å². The fourth-order valence-electron chi connectivity index (χ4n) is 0.928. The second-order valence-corrected chi connectivity index (χ2v) is 4.71. The molecule has 0 spiro atoms. The van der Waals surface area contributed by atoms with Crippen molar-refractivity contribution in [2.45, 2.75) is 32.8 Å². The van der Waals surface area contributed by atoms with E-state index in [0.29, 0.717) is 11.0 Å². The second-order valence-electron chi connectivity index (χ2n) is 3.95. The first kappa shape index (κ1) is 15.6. The Labute approximate surface area is 111 Å². The van der Waals surface area contributed by atoms with Crippen LogP contribution in [0.1, 0.15) is 27.2 Å². The first-order chi connectivity index (χ1) is 7.37. The molecule has 0 radical (unpaired) electrons. The number of aliphatic hydroxyl groups is 1. The highest BCUT2D eigenvalue weighted by Gasteiger charge is 2.12. The Morgan fingerprint density at radius 2 is 2.12 bits per heavy atom. The molecule has 0 saturated carbocycles. The standard InChI is InChI=1S/C12H19IO3/c1-10(6-8-16-11(2)14)5-4-7-12(3,15)9-13/h4,6-7,15H,5,8-9H2,1-3H3. The molecule has 0 heterocycles. The van der Waals surface area contributed by atoms with E-state index < -0.39 is 5.60 Å². The van der Waals surface area contributed by atoms with Crippen LogP contribution < -0.4 is 0 Å². The van der Waals surface area contributed by atoms with E-state index in [4.69, 9.17) is 4.74 Å². The molecule has 16 heavy (non-hydrogen) atoms. The number of carbonyl (C=O) groups excluding carboxylic acids is 1. The average Bonchev–Trinajstić information content (AvgIpc) is 2.17. The van der Waals surface area contributed by atoms with Gasteiger partial charge >= 0.3 is 5.97 Å². The molecule has 0 aliphatic rings. The van der Waals surface area contributed by atoms with Gasteiger partial charge < -0.3 is 9.84 Å². The van der Waals surface area contributed by atoms with Gasteiger partial charge in [0.25, 0.3) is 0 Å². The lowest BCUT2D eigenvalue weighted by Gasteiger charge is -2.14. The van der Waals surface area contributed by atoms with Crippen LogP contribution in [0.4, 0.5) is 0 Å². The van der Waals surface area contributed by atoms with Crippen molar-refractivity contribution in [2.75, 3.05) is 11.0 Å². The van der Waals surface area contributed by atoms with E-state index in [0.717, 1.165) is 12.0 Å². The van der Waals surface area contributed by atoms with Gasteiger partial charge in [0.2, 0.25) is 0 Å². The van der Waals surface area contributed by atoms with Gasteiger partial charge in [-0.3, -0.25) is 4.79 Å². The third-order valence-electron chi connectivity index (χ3n) is 1.91. The van der Waals surface area contributed by atoms with Crippen molar-refractivity contribution in [1.82, 2.24) is 0 Å². The number of ether oxygens (including phenoxy) is 1. The first-order valence-electron chi connectivity index (χ1n) is 5.12. The van der Waals surface area contributed by atoms with Crippen LogP contribution in [0.5, 0.6) is 0 Å². The van der Waals surface area contributed by atoms with E-state index in [1.54, 1.807) is 13.0 Å². The molecule has 0 aliphatic heterocycles. The summed E-state index contributed by atoms with van der Waals surface area (Å²) in [5, 5.41) is 9.70. The lowest BCUT2D eigenvalue weighted by atomic mass is 10.1. The summed E-state index contributed by atoms with van der Waals surface area (Å²) in [4.78, 5) is 10.5. The Kier molecular flexibility index (Phi) is 7.66. The van der Waals surface area contributed by atoms with E-state index in [1.165, 1.54) is 6.92 Å². The number of hydrogen-bond acceptors (Lipinski definition) is 3. The molecule has 0 aromatic carbocycles. The Bertz CT molecular complexity index is 280. The van der Waals surface area contributed by atoms with Crippen LogP contribution in [0.25, 0.3) is 0 Å². The average molecular weight is 338 g/mol. The Balaban J connectivity index is 3.97. The zero-order chi connectivity index (χ0) is 12.6. The molecule has 1 N–H and O–H groups in total. The van der Waals surface area contributed by atoms with Crippen molar-refractivity contribution in [3.8, 4) is 0 Å². The zero-order valence-corrected chi connectivity index (χ0v) is 12.2. The predicted octanol–water partition coefficient (Wildman–Crippen LogP) is 2.63. The topological polar surface area (TPSA) is 46.5 Å². The highest BCUT2D eigenvalue weighted by atomic mass is 127. The van der Waals surface area contributed by atoms with E-state index in [-0.39, 0.29) is 5.97 Å². The molecule has 0 fully saturated rings. The molecule has 0 saturated heterocycles. The molecule has 1 unspecified atom stereocenters. The summed E-state index contributed by atoms with van der Waals surface area (Å²) in [6, 6.07) is 0. The molecule has 1 atom stereocenters. The number of carbonyl (C=O) groups is 1. The summed E-state index contributed by atoms with van der Waals surface area (Å²) in [6.07, 6.45) is 6.35. The summed E-state index contributed by atoms with van der Waals surface area (Å²) in [7, 11) is 0. The maximum atomic E-state index is 10.5. The van der Waals surface area contributed by atoms with Crippen LogP contribution in [0, 0.1) is 0 Å². The van der Waals surface area contributed by atoms with Gasteiger partial charge in [0.05, 0.1) is 5.60 Å². The Morgan fingerprint density at radius 3 is 2.62 bits per heavy atom. The SMILES string of the molecule is CC(=O)OCC=C(C)CC=CC(C)(O)CI. The van der Waals surface area contributed by atoms with Gasteiger partial charge in [-0.05, 0) is 26.3 Å². The molecule has 0 aromatic rings. The Hall–Kier alpha value is -0.360.